The monoisotopic (exact) mass is 353 g/mol. The molecule has 1 aliphatic heterocycles. The molecule has 0 radical (unpaired) electrons. The Kier molecular flexibility index (Phi) is 4.62. The Morgan fingerprint density at radius 1 is 1.53 bits per heavy atom. The van der Waals surface area contributed by atoms with Crippen molar-refractivity contribution in [3.05, 3.63) is 23.2 Å². The zero-order valence-corrected chi connectivity index (χ0v) is 12.1. The molecule has 1 atom stereocenters. The van der Waals surface area contributed by atoms with E-state index in [-0.39, 0.29) is 17.6 Å². The fraction of sp³-hybridized carbons (Fsp3) is 0.417. The minimum Gasteiger partial charge on any atom is -0.433 e. The van der Waals surface area contributed by atoms with Gasteiger partial charge in [0.1, 0.15) is 5.75 Å². The highest BCUT2D eigenvalue weighted by molar-refractivity contribution is 9.09. The van der Waals surface area contributed by atoms with E-state index in [1.165, 1.54) is 23.1 Å². The molecule has 1 aromatic rings. The molecule has 1 saturated heterocycles. The lowest BCUT2D eigenvalue weighted by atomic mass is 10.2. The number of ether oxygens (including phenoxy) is 1. The van der Waals surface area contributed by atoms with Gasteiger partial charge in [0, 0.05) is 23.3 Å². The fourth-order valence-corrected chi connectivity index (χ4v) is 2.61. The van der Waals surface area contributed by atoms with E-state index in [0.29, 0.717) is 29.0 Å². The van der Waals surface area contributed by atoms with Crippen LogP contribution in [0.2, 0.25) is 5.02 Å². The summed E-state index contributed by atoms with van der Waals surface area (Å²) in [6.07, 6.45) is 0.381. The Bertz CT molecular complexity index is 487. The van der Waals surface area contributed by atoms with Crippen LogP contribution in [0.25, 0.3) is 0 Å². The molecule has 1 aromatic carbocycles. The van der Waals surface area contributed by atoms with Crippen LogP contribution >= 0.6 is 27.5 Å². The minimum absolute atomic E-state index is 0.0389. The van der Waals surface area contributed by atoms with Gasteiger partial charge in [-0.15, -0.1) is 0 Å². The Morgan fingerprint density at radius 3 is 2.84 bits per heavy atom. The van der Waals surface area contributed by atoms with E-state index >= 15 is 0 Å². The average Bonchev–Trinajstić information content (AvgIpc) is 2.72. The van der Waals surface area contributed by atoms with Crippen molar-refractivity contribution in [3.8, 4) is 5.75 Å². The minimum atomic E-state index is -2.94. The fourth-order valence-electron chi connectivity index (χ4n) is 2.01. The summed E-state index contributed by atoms with van der Waals surface area (Å²) in [6.45, 7) is -2.48. The zero-order valence-electron chi connectivity index (χ0n) is 9.78. The van der Waals surface area contributed by atoms with Gasteiger partial charge in [-0.2, -0.15) is 8.78 Å². The van der Waals surface area contributed by atoms with Gasteiger partial charge in [0.2, 0.25) is 5.91 Å². The number of carbonyl (C=O) groups excluding carboxylic acids is 1. The van der Waals surface area contributed by atoms with Gasteiger partial charge in [0.25, 0.3) is 0 Å². The summed E-state index contributed by atoms with van der Waals surface area (Å²) in [5, 5.41) is 1.05. The summed E-state index contributed by atoms with van der Waals surface area (Å²) in [4.78, 5) is 13.4. The van der Waals surface area contributed by atoms with Gasteiger partial charge in [-0.25, -0.2) is 0 Å². The molecule has 0 aromatic heterocycles. The topological polar surface area (TPSA) is 29.5 Å². The molecule has 1 fully saturated rings. The molecule has 1 aliphatic rings. The third-order valence-corrected chi connectivity index (χ3v) is 4.00. The van der Waals surface area contributed by atoms with E-state index in [9.17, 15) is 13.6 Å². The number of anilines is 1. The van der Waals surface area contributed by atoms with Crippen molar-refractivity contribution in [3.63, 3.8) is 0 Å². The highest BCUT2D eigenvalue weighted by atomic mass is 79.9. The molecule has 104 valence electrons. The lowest BCUT2D eigenvalue weighted by Crippen LogP contribution is -2.25. The molecule has 1 unspecified atom stereocenters. The highest BCUT2D eigenvalue weighted by Crippen LogP contribution is 2.36. The largest absolute Gasteiger partial charge is 0.433 e. The number of hydrogen-bond acceptors (Lipinski definition) is 2. The molecule has 0 saturated carbocycles. The second-order valence-corrected chi connectivity index (χ2v) is 5.30. The van der Waals surface area contributed by atoms with Crippen LogP contribution in [-0.4, -0.2) is 24.4 Å². The van der Waals surface area contributed by atoms with Gasteiger partial charge in [-0.3, -0.25) is 4.79 Å². The maximum atomic E-state index is 12.4. The van der Waals surface area contributed by atoms with E-state index in [1.807, 2.05) is 0 Å². The SMILES string of the molecule is O=C1CC(CBr)CN1c1cc(Cl)ccc1OC(F)F. The third kappa shape index (κ3) is 3.36. The normalized spacial score (nSPS) is 19.3. The molecule has 19 heavy (non-hydrogen) atoms. The van der Waals surface area contributed by atoms with Crippen molar-refractivity contribution in [2.24, 2.45) is 5.92 Å². The van der Waals surface area contributed by atoms with Gasteiger partial charge < -0.3 is 9.64 Å². The molecule has 0 N–H and O–H groups in total. The van der Waals surface area contributed by atoms with E-state index < -0.39 is 6.61 Å². The van der Waals surface area contributed by atoms with Crippen LogP contribution in [0.15, 0.2) is 18.2 Å². The summed E-state index contributed by atoms with van der Waals surface area (Å²) in [7, 11) is 0. The predicted molar refractivity (Wildman–Crippen MR) is 72.3 cm³/mol. The molecular weight excluding hydrogens is 343 g/mol. The number of carbonyl (C=O) groups is 1. The van der Waals surface area contributed by atoms with E-state index in [1.54, 1.807) is 0 Å². The maximum Gasteiger partial charge on any atom is 0.387 e. The average molecular weight is 355 g/mol. The number of halogens is 4. The van der Waals surface area contributed by atoms with Crippen molar-refractivity contribution in [1.29, 1.82) is 0 Å². The second kappa shape index (κ2) is 6.05. The second-order valence-electron chi connectivity index (χ2n) is 4.22. The Labute approximate surface area is 122 Å². The van der Waals surface area contributed by atoms with Gasteiger partial charge in [0.15, 0.2) is 0 Å². The van der Waals surface area contributed by atoms with Crippen molar-refractivity contribution >= 4 is 39.1 Å². The standard InChI is InChI=1S/C12H11BrClF2NO2/c13-5-7-3-11(18)17(6-7)9-4-8(14)1-2-10(9)19-12(15)16/h1-2,4,7,12H,3,5-6H2. The molecule has 1 heterocycles. The number of rotatable bonds is 4. The first kappa shape index (κ1) is 14.5. The first-order valence-electron chi connectivity index (χ1n) is 5.62. The lowest BCUT2D eigenvalue weighted by Gasteiger charge is -2.20. The van der Waals surface area contributed by atoms with Gasteiger partial charge in [-0.05, 0) is 24.1 Å². The summed E-state index contributed by atoms with van der Waals surface area (Å²) in [5.41, 5.74) is 0.293. The van der Waals surface area contributed by atoms with Crippen LogP contribution in [0, 0.1) is 5.92 Å². The van der Waals surface area contributed by atoms with Crippen molar-refractivity contribution in [1.82, 2.24) is 0 Å². The predicted octanol–water partition coefficient (Wildman–Crippen LogP) is 3.69. The smallest absolute Gasteiger partial charge is 0.387 e. The molecule has 3 nitrogen and oxygen atoms in total. The van der Waals surface area contributed by atoms with E-state index in [0.717, 1.165) is 0 Å². The van der Waals surface area contributed by atoms with Gasteiger partial charge in [-0.1, -0.05) is 27.5 Å². The molecule has 0 bridgehead atoms. The van der Waals surface area contributed by atoms with Crippen molar-refractivity contribution < 1.29 is 18.3 Å². The maximum absolute atomic E-state index is 12.4. The van der Waals surface area contributed by atoms with Crippen molar-refractivity contribution in [2.75, 3.05) is 16.8 Å². The zero-order chi connectivity index (χ0) is 14.0. The van der Waals surface area contributed by atoms with Crippen LogP contribution in [0.1, 0.15) is 6.42 Å². The number of alkyl halides is 3. The van der Waals surface area contributed by atoms with Crippen LogP contribution < -0.4 is 9.64 Å². The lowest BCUT2D eigenvalue weighted by molar-refractivity contribution is -0.117. The van der Waals surface area contributed by atoms with Crippen LogP contribution in [0.3, 0.4) is 0 Å². The molecule has 0 aliphatic carbocycles. The number of hydrogen-bond donors (Lipinski definition) is 0. The highest BCUT2D eigenvalue weighted by Gasteiger charge is 2.32. The first-order chi connectivity index (χ1) is 9.01. The third-order valence-electron chi connectivity index (χ3n) is 2.85. The number of amides is 1. The Balaban J connectivity index is 2.32. The molecule has 1 amide bonds. The summed E-state index contributed by atoms with van der Waals surface area (Å²) >= 11 is 9.18. The molecular formula is C12H11BrClF2NO2. The quantitative estimate of drug-likeness (QED) is 0.772. The van der Waals surface area contributed by atoms with Gasteiger partial charge >= 0.3 is 6.61 Å². The van der Waals surface area contributed by atoms with Crippen LogP contribution in [-0.2, 0) is 4.79 Å². The van der Waals surface area contributed by atoms with Crippen LogP contribution in [0.5, 0.6) is 5.75 Å². The van der Waals surface area contributed by atoms with Gasteiger partial charge in [0.05, 0.1) is 5.69 Å². The molecule has 0 spiro atoms. The summed E-state index contributed by atoms with van der Waals surface area (Å²) < 4.78 is 29.2. The van der Waals surface area contributed by atoms with Crippen molar-refractivity contribution in [2.45, 2.75) is 13.0 Å². The molecule has 7 heteroatoms. The summed E-state index contributed by atoms with van der Waals surface area (Å²) in [5.74, 6) is -0.000290. The van der Waals surface area contributed by atoms with E-state index in [2.05, 4.69) is 20.7 Å². The first-order valence-corrected chi connectivity index (χ1v) is 7.12. The van der Waals surface area contributed by atoms with E-state index in [4.69, 9.17) is 11.6 Å². The Morgan fingerprint density at radius 2 is 2.26 bits per heavy atom. The Hall–Kier alpha value is -0.880. The van der Waals surface area contributed by atoms with Crippen LogP contribution in [0.4, 0.5) is 14.5 Å². The molecule has 2 rings (SSSR count). The number of nitrogens with zero attached hydrogens (tertiary/aromatic N) is 1. The number of benzene rings is 1. The summed E-state index contributed by atoms with van der Waals surface area (Å²) in [6, 6.07) is 4.26.